The molecule has 1 amide bonds. The smallest absolute Gasteiger partial charge is 0.268 e. The SMILES string of the molecule is C[C@@H](c1cccc(-c2nc(C(N)=O)cs2)c1)N1CCCC1. The molecule has 0 spiro atoms. The Bertz CT molecular complexity index is 646. The van der Waals surface area contributed by atoms with Crippen molar-refractivity contribution in [3.8, 4) is 10.6 Å². The van der Waals surface area contributed by atoms with E-state index in [2.05, 4.69) is 35.0 Å². The van der Waals surface area contributed by atoms with Gasteiger partial charge in [0.15, 0.2) is 0 Å². The first-order chi connectivity index (χ1) is 10.1. The summed E-state index contributed by atoms with van der Waals surface area (Å²) in [5.41, 5.74) is 7.95. The molecular weight excluding hydrogens is 282 g/mol. The van der Waals surface area contributed by atoms with E-state index in [1.807, 2.05) is 6.07 Å². The molecule has 110 valence electrons. The Hall–Kier alpha value is -1.72. The molecule has 0 aliphatic carbocycles. The average Bonchev–Trinajstić information content (AvgIpc) is 3.18. The maximum atomic E-state index is 11.2. The van der Waals surface area contributed by atoms with E-state index in [-0.39, 0.29) is 0 Å². The van der Waals surface area contributed by atoms with Gasteiger partial charge in [0.05, 0.1) is 0 Å². The van der Waals surface area contributed by atoms with E-state index >= 15 is 0 Å². The zero-order valence-electron chi connectivity index (χ0n) is 12.1. The molecule has 1 aliphatic rings. The number of carbonyl (C=O) groups is 1. The van der Waals surface area contributed by atoms with Crippen LogP contribution in [-0.2, 0) is 0 Å². The molecule has 1 aliphatic heterocycles. The molecule has 4 nitrogen and oxygen atoms in total. The van der Waals surface area contributed by atoms with Gasteiger partial charge in [-0.1, -0.05) is 18.2 Å². The van der Waals surface area contributed by atoms with Crippen LogP contribution in [0.15, 0.2) is 29.6 Å². The van der Waals surface area contributed by atoms with E-state index < -0.39 is 5.91 Å². The summed E-state index contributed by atoms with van der Waals surface area (Å²) < 4.78 is 0. The number of primary amides is 1. The maximum absolute atomic E-state index is 11.2. The van der Waals surface area contributed by atoms with E-state index in [1.165, 1.54) is 42.8 Å². The van der Waals surface area contributed by atoms with Crippen molar-refractivity contribution in [3.63, 3.8) is 0 Å². The Morgan fingerprint density at radius 1 is 1.38 bits per heavy atom. The lowest BCUT2D eigenvalue weighted by Crippen LogP contribution is -2.23. The van der Waals surface area contributed by atoms with Gasteiger partial charge in [0.2, 0.25) is 0 Å². The third kappa shape index (κ3) is 2.99. The van der Waals surface area contributed by atoms with Crippen molar-refractivity contribution in [1.29, 1.82) is 0 Å². The van der Waals surface area contributed by atoms with Crippen molar-refractivity contribution < 1.29 is 4.79 Å². The summed E-state index contributed by atoms with van der Waals surface area (Å²) in [4.78, 5) is 18.0. The van der Waals surface area contributed by atoms with Crippen molar-refractivity contribution in [2.45, 2.75) is 25.8 Å². The van der Waals surface area contributed by atoms with Crippen LogP contribution < -0.4 is 5.73 Å². The molecule has 0 bridgehead atoms. The van der Waals surface area contributed by atoms with Crippen LogP contribution in [0.5, 0.6) is 0 Å². The molecule has 2 heterocycles. The minimum Gasteiger partial charge on any atom is -0.364 e. The normalized spacial score (nSPS) is 17.0. The molecule has 0 unspecified atom stereocenters. The van der Waals surface area contributed by atoms with Gasteiger partial charge in [-0.25, -0.2) is 4.98 Å². The largest absolute Gasteiger partial charge is 0.364 e. The van der Waals surface area contributed by atoms with Crippen molar-refractivity contribution >= 4 is 17.2 Å². The number of rotatable bonds is 4. The number of carbonyl (C=O) groups excluding carboxylic acids is 1. The van der Waals surface area contributed by atoms with E-state index in [1.54, 1.807) is 5.38 Å². The highest BCUT2D eigenvalue weighted by molar-refractivity contribution is 7.13. The van der Waals surface area contributed by atoms with Gasteiger partial charge in [0.1, 0.15) is 10.7 Å². The number of benzene rings is 1. The second kappa shape index (κ2) is 5.95. The predicted octanol–water partition coefficient (Wildman–Crippen LogP) is 3.07. The van der Waals surface area contributed by atoms with Gasteiger partial charge >= 0.3 is 0 Å². The highest BCUT2D eigenvalue weighted by Gasteiger charge is 2.20. The summed E-state index contributed by atoms with van der Waals surface area (Å²) in [5.74, 6) is -0.473. The Balaban J connectivity index is 1.86. The predicted molar refractivity (Wildman–Crippen MR) is 85.3 cm³/mol. The molecule has 1 atom stereocenters. The summed E-state index contributed by atoms with van der Waals surface area (Å²) in [6, 6.07) is 8.84. The lowest BCUT2D eigenvalue weighted by atomic mass is 10.0. The summed E-state index contributed by atoms with van der Waals surface area (Å²) in [7, 11) is 0. The lowest BCUT2D eigenvalue weighted by Gasteiger charge is -2.24. The first-order valence-corrected chi connectivity index (χ1v) is 8.13. The third-order valence-electron chi connectivity index (χ3n) is 4.06. The zero-order chi connectivity index (χ0) is 14.8. The lowest BCUT2D eigenvalue weighted by molar-refractivity contribution is 0.0996. The number of hydrogen-bond donors (Lipinski definition) is 1. The fraction of sp³-hybridized carbons (Fsp3) is 0.375. The number of thiazole rings is 1. The van der Waals surface area contributed by atoms with Gasteiger partial charge in [-0.3, -0.25) is 9.69 Å². The van der Waals surface area contributed by atoms with Crippen molar-refractivity contribution in [3.05, 3.63) is 40.9 Å². The number of nitrogens with zero attached hydrogens (tertiary/aromatic N) is 2. The second-order valence-electron chi connectivity index (χ2n) is 5.45. The summed E-state index contributed by atoms with van der Waals surface area (Å²) in [6.07, 6.45) is 2.58. The fourth-order valence-electron chi connectivity index (χ4n) is 2.79. The Kier molecular flexibility index (Phi) is 4.03. The Morgan fingerprint density at radius 3 is 2.81 bits per heavy atom. The minimum absolute atomic E-state index is 0.341. The fourth-order valence-corrected chi connectivity index (χ4v) is 3.60. The van der Waals surface area contributed by atoms with Crippen molar-refractivity contribution in [2.75, 3.05) is 13.1 Å². The molecule has 0 radical (unpaired) electrons. The number of hydrogen-bond acceptors (Lipinski definition) is 4. The first kappa shape index (κ1) is 14.2. The quantitative estimate of drug-likeness (QED) is 0.944. The van der Waals surface area contributed by atoms with Crippen LogP contribution in [0.3, 0.4) is 0 Å². The van der Waals surface area contributed by atoms with Crippen LogP contribution in [0.4, 0.5) is 0 Å². The van der Waals surface area contributed by atoms with Crippen LogP contribution in [0.25, 0.3) is 10.6 Å². The summed E-state index contributed by atoms with van der Waals surface area (Å²) >= 11 is 1.46. The Labute approximate surface area is 128 Å². The first-order valence-electron chi connectivity index (χ1n) is 7.25. The van der Waals surface area contributed by atoms with Gasteiger partial charge in [0.25, 0.3) is 5.91 Å². The molecule has 1 fully saturated rings. The monoisotopic (exact) mass is 301 g/mol. The number of likely N-dealkylation sites (tertiary alicyclic amines) is 1. The molecule has 5 heteroatoms. The van der Waals surface area contributed by atoms with Gasteiger partial charge in [0, 0.05) is 17.0 Å². The van der Waals surface area contributed by atoms with Gasteiger partial charge < -0.3 is 5.73 Å². The van der Waals surface area contributed by atoms with Crippen molar-refractivity contribution in [1.82, 2.24) is 9.88 Å². The molecule has 1 saturated heterocycles. The van der Waals surface area contributed by atoms with E-state index in [0.717, 1.165) is 10.6 Å². The number of nitrogens with two attached hydrogens (primary N) is 1. The van der Waals surface area contributed by atoms with Crippen LogP contribution in [0.2, 0.25) is 0 Å². The third-order valence-corrected chi connectivity index (χ3v) is 4.95. The molecule has 2 N–H and O–H groups in total. The molecule has 2 aromatic rings. The summed E-state index contributed by atoms with van der Waals surface area (Å²) in [5, 5.41) is 2.56. The number of aromatic nitrogens is 1. The van der Waals surface area contributed by atoms with E-state index in [0.29, 0.717) is 11.7 Å². The maximum Gasteiger partial charge on any atom is 0.268 e. The number of amides is 1. The van der Waals surface area contributed by atoms with Crippen molar-refractivity contribution in [2.24, 2.45) is 5.73 Å². The molecule has 1 aromatic carbocycles. The van der Waals surface area contributed by atoms with Gasteiger partial charge in [-0.15, -0.1) is 11.3 Å². The Morgan fingerprint density at radius 2 is 2.14 bits per heavy atom. The second-order valence-corrected chi connectivity index (χ2v) is 6.30. The molecule has 0 saturated carbocycles. The molecular formula is C16H19N3OS. The van der Waals surface area contributed by atoms with Crippen LogP contribution in [0, 0.1) is 0 Å². The highest BCUT2D eigenvalue weighted by Crippen LogP contribution is 2.29. The summed E-state index contributed by atoms with van der Waals surface area (Å²) in [6.45, 7) is 4.60. The van der Waals surface area contributed by atoms with Gasteiger partial charge in [-0.05, 0) is 44.5 Å². The van der Waals surface area contributed by atoms with Crippen LogP contribution in [0.1, 0.15) is 41.9 Å². The topological polar surface area (TPSA) is 59.2 Å². The average molecular weight is 301 g/mol. The molecule has 3 rings (SSSR count). The van der Waals surface area contributed by atoms with Crippen LogP contribution in [-0.4, -0.2) is 28.9 Å². The standard InChI is InChI=1S/C16H19N3OS/c1-11(19-7-2-3-8-19)12-5-4-6-13(9-12)16-18-14(10-21-16)15(17)20/h4-6,9-11H,2-3,7-8H2,1H3,(H2,17,20)/t11-/m0/s1. The van der Waals surface area contributed by atoms with Crippen LogP contribution >= 0.6 is 11.3 Å². The highest BCUT2D eigenvalue weighted by atomic mass is 32.1. The zero-order valence-corrected chi connectivity index (χ0v) is 12.9. The van der Waals surface area contributed by atoms with E-state index in [9.17, 15) is 4.79 Å². The van der Waals surface area contributed by atoms with Gasteiger partial charge in [-0.2, -0.15) is 0 Å². The molecule has 21 heavy (non-hydrogen) atoms. The van der Waals surface area contributed by atoms with E-state index in [4.69, 9.17) is 5.73 Å². The minimum atomic E-state index is -0.473. The molecule has 1 aromatic heterocycles.